The van der Waals surface area contributed by atoms with Crippen LogP contribution in [0.4, 0.5) is 4.79 Å². The molecule has 5 nitrogen and oxygen atoms in total. The van der Waals surface area contributed by atoms with E-state index in [1.165, 1.54) is 0 Å². The maximum absolute atomic E-state index is 11.4. The number of fused-ring (bicyclic) bond motifs is 1. The van der Waals surface area contributed by atoms with Crippen LogP contribution in [0.1, 0.15) is 25.3 Å². The Balaban J connectivity index is 1.81. The molecule has 1 amide bonds. The van der Waals surface area contributed by atoms with Crippen molar-refractivity contribution in [1.29, 1.82) is 5.41 Å². The summed E-state index contributed by atoms with van der Waals surface area (Å²) in [4.78, 5) is 11.4. The number of para-hydroxylation sites is 1. The van der Waals surface area contributed by atoms with Crippen molar-refractivity contribution in [2.24, 2.45) is 0 Å². The summed E-state index contributed by atoms with van der Waals surface area (Å²) in [6.45, 7) is 2.40. The van der Waals surface area contributed by atoms with Gasteiger partial charge >= 0.3 is 6.09 Å². The lowest BCUT2D eigenvalue weighted by Gasteiger charge is -2.13. The van der Waals surface area contributed by atoms with Crippen LogP contribution in [0.2, 0.25) is 0 Å². The minimum Gasteiger partial charge on any atom is -0.482 e. The van der Waals surface area contributed by atoms with Gasteiger partial charge in [0.1, 0.15) is 11.6 Å². The third-order valence-corrected chi connectivity index (χ3v) is 2.94. The Labute approximate surface area is 112 Å². The Morgan fingerprint density at radius 2 is 2.32 bits per heavy atom. The highest BCUT2D eigenvalue weighted by atomic mass is 16.5. The van der Waals surface area contributed by atoms with Gasteiger partial charge in [-0.15, -0.1) is 0 Å². The number of hydrogen-bond donors (Lipinski definition) is 2. The zero-order valence-electron chi connectivity index (χ0n) is 10.9. The van der Waals surface area contributed by atoms with E-state index in [0.717, 1.165) is 24.2 Å². The third-order valence-electron chi connectivity index (χ3n) is 2.94. The summed E-state index contributed by atoms with van der Waals surface area (Å²) in [5.74, 6) is 0.816. The Morgan fingerprint density at radius 1 is 1.53 bits per heavy atom. The summed E-state index contributed by atoms with van der Waals surface area (Å²) in [5.41, 5.74) is 1.05. The average Bonchev–Trinajstić information content (AvgIpc) is 2.83. The summed E-state index contributed by atoms with van der Waals surface area (Å²) in [5, 5.41) is 10.2. The average molecular weight is 262 g/mol. The molecular formula is C14H18N2O3. The summed E-state index contributed by atoms with van der Waals surface area (Å²) >= 11 is 0. The molecule has 0 radical (unpaired) electrons. The summed E-state index contributed by atoms with van der Waals surface area (Å²) in [6.07, 6.45) is 1.37. The van der Waals surface area contributed by atoms with Crippen molar-refractivity contribution in [3.8, 4) is 5.75 Å². The molecular weight excluding hydrogens is 244 g/mol. The summed E-state index contributed by atoms with van der Waals surface area (Å²) in [7, 11) is 0. The van der Waals surface area contributed by atoms with E-state index >= 15 is 0 Å². The van der Waals surface area contributed by atoms with Gasteiger partial charge < -0.3 is 9.47 Å². The van der Waals surface area contributed by atoms with Crippen LogP contribution in [-0.4, -0.2) is 24.6 Å². The highest BCUT2D eigenvalue weighted by Gasteiger charge is 2.27. The second kappa shape index (κ2) is 6.22. The van der Waals surface area contributed by atoms with Gasteiger partial charge in [0.15, 0.2) is 6.10 Å². The molecule has 0 aromatic heterocycles. The zero-order valence-corrected chi connectivity index (χ0v) is 10.9. The molecule has 1 aromatic rings. The largest absolute Gasteiger partial charge is 0.482 e. The van der Waals surface area contributed by atoms with Gasteiger partial charge in [0.05, 0.1) is 6.61 Å². The van der Waals surface area contributed by atoms with Crippen LogP contribution in [0.15, 0.2) is 24.3 Å². The Bertz CT molecular complexity index is 449. The molecule has 5 heteroatoms. The van der Waals surface area contributed by atoms with E-state index in [9.17, 15) is 4.79 Å². The van der Waals surface area contributed by atoms with Crippen molar-refractivity contribution in [2.75, 3.05) is 6.61 Å². The van der Waals surface area contributed by atoms with Crippen molar-refractivity contribution in [1.82, 2.24) is 5.32 Å². The standard InChI is InChI=1S/C14H18N2O3/c1-2-3-8-18-14(17)16-13(15)12-9-10-6-4-5-7-11(10)19-12/h4-7,12H,2-3,8-9H2,1H3,(H2,15,16,17). The maximum atomic E-state index is 11.4. The number of hydrogen-bond acceptors (Lipinski definition) is 4. The first-order valence-electron chi connectivity index (χ1n) is 6.47. The number of ether oxygens (including phenoxy) is 2. The highest BCUT2D eigenvalue weighted by Crippen LogP contribution is 2.28. The van der Waals surface area contributed by atoms with Gasteiger partial charge in [-0.3, -0.25) is 10.7 Å². The first kappa shape index (κ1) is 13.4. The third kappa shape index (κ3) is 3.47. The first-order valence-corrected chi connectivity index (χ1v) is 6.47. The number of benzene rings is 1. The van der Waals surface area contributed by atoms with Crippen LogP contribution < -0.4 is 10.1 Å². The van der Waals surface area contributed by atoms with Gasteiger partial charge in [-0.25, -0.2) is 4.79 Å². The highest BCUT2D eigenvalue weighted by molar-refractivity contribution is 5.96. The minimum absolute atomic E-state index is 0.0395. The Hall–Kier alpha value is -2.04. The molecule has 0 saturated carbocycles. The van der Waals surface area contributed by atoms with Gasteiger partial charge in [0, 0.05) is 6.42 Å². The molecule has 1 aromatic carbocycles. The lowest BCUT2D eigenvalue weighted by molar-refractivity contribution is 0.148. The zero-order chi connectivity index (χ0) is 13.7. The molecule has 1 aliphatic heterocycles. The predicted octanol–water partition coefficient (Wildman–Crippen LogP) is 2.49. The molecule has 1 unspecified atom stereocenters. The van der Waals surface area contributed by atoms with E-state index in [-0.39, 0.29) is 5.84 Å². The van der Waals surface area contributed by atoms with Crippen molar-refractivity contribution < 1.29 is 14.3 Å². The van der Waals surface area contributed by atoms with E-state index in [0.29, 0.717) is 13.0 Å². The smallest absolute Gasteiger partial charge is 0.412 e. The second-order valence-electron chi connectivity index (χ2n) is 4.45. The number of amidine groups is 1. The fourth-order valence-corrected chi connectivity index (χ4v) is 1.88. The Kier molecular flexibility index (Phi) is 4.39. The van der Waals surface area contributed by atoms with E-state index in [1.54, 1.807) is 0 Å². The van der Waals surface area contributed by atoms with Crippen molar-refractivity contribution in [3.63, 3.8) is 0 Å². The van der Waals surface area contributed by atoms with E-state index in [2.05, 4.69) is 5.32 Å². The fraction of sp³-hybridized carbons (Fsp3) is 0.429. The van der Waals surface area contributed by atoms with Gasteiger partial charge in [-0.1, -0.05) is 31.5 Å². The molecule has 19 heavy (non-hydrogen) atoms. The number of nitrogens with one attached hydrogen (secondary N) is 2. The van der Waals surface area contributed by atoms with E-state index in [4.69, 9.17) is 14.9 Å². The molecule has 1 aliphatic rings. The lowest BCUT2D eigenvalue weighted by atomic mass is 10.1. The van der Waals surface area contributed by atoms with Crippen LogP contribution in [0.25, 0.3) is 0 Å². The molecule has 0 spiro atoms. The predicted molar refractivity (Wildman–Crippen MR) is 71.7 cm³/mol. The maximum Gasteiger partial charge on any atom is 0.412 e. The number of amides is 1. The molecule has 0 saturated heterocycles. The minimum atomic E-state index is -0.585. The van der Waals surface area contributed by atoms with E-state index in [1.807, 2.05) is 31.2 Å². The van der Waals surface area contributed by atoms with Crippen LogP contribution in [0, 0.1) is 5.41 Å². The normalized spacial score (nSPS) is 16.4. The molecule has 0 bridgehead atoms. The summed E-state index contributed by atoms with van der Waals surface area (Å²) < 4.78 is 10.5. The molecule has 2 N–H and O–H groups in total. The van der Waals surface area contributed by atoms with Gasteiger partial charge in [0.2, 0.25) is 0 Å². The van der Waals surface area contributed by atoms with Crippen LogP contribution >= 0.6 is 0 Å². The SMILES string of the molecule is CCCCOC(=O)NC(=N)C1Cc2ccccc2O1. The van der Waals surface area contributed by atoms with Crippen LogP contribution in [-0.2, 0) is 11.2 Å². The van der Waals surface area contributed by atoms with Crippen LogP contribution in [0.5, 0.6) is 5.75 Å². The van der Waals surface area contributed by atoms with Crippen molar-refractivity contribution in [3.05, 3.63) is 29.8 Å². The monoisotopic (exact) mass is 262 g/mol. The lowest BCUT2D eigenvalue weighted by Crippen LogP contribution is -2.40. The molecule has 1 atom stereocenters. The van der Waals surface area contributed by atoms with Gasteiger partial charge in [0.25, 0.3) is 0 Å². The van der Waals surface area contributed by atoms with Crippen molar-refractivity contribution >= 4 is 11.9 Å². The molecule has 1 heterocycles. The molecule has 0 fully saturated rings. The molecule has 0 aliphatic carbocycles. The molecule has 102 valence electrons. The summed E-state index contributed by atoms with van der Waals surface area (Å²) in [6, 6.07) is 7.64. The van der Waals surface area contributed by atoms with E-state index < -0.39 is 12.2 Å². The molecule has 2 rings (SSSR count). The quantitative estimate of drug-likeness (QED) is 0.497. The Morgan fingerprint density at radius 3 is 3.05 bits per heavy atom. The number of rotatable bonds is 4. The number of carbonyl (C=O) groups excluding carboxylic acids is 1. The number of carbonyl (C=O) groups is 1. The van der Waals surface area contributed by atoms with Crippen molar-refractivity contribution in [2.45, 2.75) is 32.3 Å². The van der Waals surface area contributed by atoms with Gasteiger partial charge in [-0.2, -0.15) is 0 Å². The second-order valence-corrected chi connectivity index (χ2v) is 4.45. The number of alkyl carbamates (subject to hydrolysis) is 1. The van der Waals surface area contributed by atoms with Crippen LogP contribution in [0.3, 0.4) is 0 Å². The number of unbranched alkanes of at least 4 members (excludes halogenated alkanes) is 1. The first-order chi connectivity index (χ1) is 9.20. The van der Waals surface area contributed by atoms with Gasteiger partial charge in [-0.05, 0) is 18.1 Å². The topological polar surface area (TPSA) is 71.4 Å². The fourth-order valence-electron chi connectivity index (χ4n) is 1.88.